The van der Waals surface area contributed by atoms with Crippen molar-refractivity contribution in [3.63, 3.8) is 0 Å². The molecule has 116 valence electrons. The van der Waals surface area contributed by atoms with Gasteiger partial charge < -0.3 is 15.6 Å². The van der Waals surface area contributed by atoms with Crippen molar-refractivity contribution < 1.29 is 9.84 Å². The largest absolute Gasteiger partial charge is 0.389 e. The van der Waals surface area contributed by atoms with Gasteiger partial charge in [-0.05, 0) is 6.42 Å². The van der Waals surface area contributed by atoms with E-state index in [2.05, 4.69) is 27.7 Å². The summed E-state index contributed by atoms with van der Waals surface area (Å²) in [6, 6.07) is -0.0660. The highest BCUT2D eigenvalue weighted by atomic mass is 16.5. The molecule has 0 aromatic heterocycles. The first kappa shape index (κ1) is 26.4. The van der Waals surface area contributed by atoms with E-state index in [-0.39, 0.29) is 6.04 Å². The lowest BCUT2D eigenvalue weighted by atomic mass is 10.1. The zero-order valence-electron chi connectivity index (χ0n) is 14.1. The Balaban J connectivity index is -0.0000000834. The van der Waals surface area contributed by atoms with Gasteiger partial charge in [-0.3, -0.25) is 0 Å². The molecule has 1 saturated heterocycles. The molecule has 0 bridgehead atoms. The van der Waals surface area contributed by atoms with Crippen LogP contribution < -0.4 is 5.73 Å². The van der Waals surface area contributed by atoms with E-state index in [1.54, 1.807) is 0 Å². The van der Waals surface area contributed by atoms with Crippen molar-refractivity contribution in [1.82, 2.24) is 0 Å². The Kier molecular flexibility index (Phi) is 44.3. The average Bonchev–Trinajstić information content (AvgIpc) is 2.40. The summed E-state index contributed by atoms with van der Waals surface area (Å²) in [5, 5.41) is 8.93. The zero-order valence-corrected chi connectivity index (χ0v) is 14.1. The monoisotopic (exact) mass is 265 g/mol. The van der Waals surface area contributed by atoms with Crippen LogP contribution in [0.3, 0.4) is 0 Å². The fourth-order valence-electron chi connectivity index (χ4n) is 0.739. The zero-order chi connectivity index (χ0) is 15.4. The summed E-state index contributed by atoms with van der Waals surface area (Å²) in [4.78, 5) is 0. The van der Waals surface area contributed by atoms with Gasteiger partial charge in [-0.1, -0.05) is 68.2 Å². The Morgan fingerprint density at radius 3 is 1.50 bits per heavy atom. The highest BCUT2D eigenvalue weighted by Crippen LogP contribution is 2.03. The van der Waals surface area contributed by atoms with Gasteiger partial charge in [0, 0.05) is 12.6 Å². The molecule has 0 aromatic rings. The van der Waals surface area contributed by atoms with Crippen LogP contribution in [0.25, 0.3) is 0 Å². The molecule has 3 N–H and O–H groups in total. The van der Waals surface area contributed by atoms with Crippen LogP contribution in [-0.2, 0) is 4.74 Å². The second-order valence-electron chi connectivity index (χ2n) is 3.51. The third-order valence-electron chi connectivity index (χ3n) is 1.38. The van der Waals surface area contributed by atoms with Crippen molar-refractivity contribution in [3.05, 3.63) is 0 Å². The van der Waals surface area contributed by atoms with Gasteiger partial charge in [0.15, 0.2) is 0 Å². The van der Waals surface area contributed by atoms with E-state index in [1.165, 1.54) is 12.8 Å². The molecule has 1 aliphatic rings. The maximum atomic E-state index is 8.93. The predicted molar refractivity (Wildman–Crippen MR) is 84.0 cm³/mol. The topological polar surface area (TPSA) is 55.5 Å². The molecule has 3 nitrogen and oxygen atoms in total. The van der Waals surface area contributed by atoms with Crippen molar-refractivity contribution in [3.8, 4) is 0 Å². The summed E-state index contributed by atoms with van der Waals surface area (Å²) in [5.74, 6) is 0. The van der Waals surface area contributed by atoms with E-state index >= 15 is 0 Å². The third kappa shape index (κ3) is 29.7. The summed E-state index contributed by atoms with van der Waals surface area (Å²) in [5.41, 5.74) is 5.45. The molecule has 0 aliphatic carbocycles. The minimum absolute atomic E-state index is 0.0660. The van der Waals surface area contributed by atoms with Crippen molar-refractivity contribution in [1.29, 1.82) is 0 Å². The number of rotatable bonds is 0. The highest BCUT2D eigenvalue weighted by Gasteiger charge is 2.18. The Morgan fingerprint density at radius 2 is 1.33 bits per heavy atom. The molecule has 3 heteroatoms. The van der Waals surface area contributed by atoms with Crippen LogP contribution in [0.4, 0.5) is 0 Å². The van der Waals surface area contributed by atoms with Crippen LogP contribution in [0, 0.1) is 0 Å². The molecule has 1 aliphatic heterocycles. The second-order valence-corrected chi connectivity index (χ2v) is 3.51. The van der Waals surface area contributed by atoms with Crippen molar-refractivity contribution in [2.24, 2.45) is 5.73 Å². The number of hydrogen-bond acceptors (Lipinski definition) is 3. The number of hydrogen-bond donors (Lipinski definition) is 2. The fraction of sp³-hybridized carbons (Fsp3) is 1.00. The summed E-state index contributed by atoms with van der Waals surface area (Å²) in [6.45, 7) is 17.6. The molecular formula is C15H39NO2. The first-order valence-electron chi connectivity index (χ1n) is 7.65. The lowest BCUT2D eigenvalue weighted by Gasteiger charge is -2.23. The molecule has 1 heterocycles. The summed E-state index contributed by atoms with van der Waals surface area (Å²) >= 11 is 0. The first-order chi connectivity index (χ1) is 8.63. The van der Waals surface area contributed by atoms with E-state index in [4.69, 9.17) is 15.6 Å². The molecule has 2 atom stereocenters. The third-order valence-corrected chi connectivity index (χ3v) is 1.38. The predicted octanol–water partition coefficient (Wildman–Crippen LogP) is 3.98. The Morgan fingerprint density at radius 1 is 1.00 bits per heavy atom. The molecule has 0 saturated carbocycles. The van der Waals surface area contributed by atoms with Gasteiger partial charge >= 0.3 is 0 Å². The first-order valence-corrected chi connectivity index (χ1v) is 7.65. The molecule has 1 fully saturated rings. The minimum atomic E-state index is -0.441. The lowest BCUT2D eigenvalue weighted by Crippen LogP contribution is -2.42. The lowest BCUT2D eigenvalue weighted by molar-refractivity contribution is -0.0182. The SMILES string of the molecule is CC.CC.CCC.CCC.N[C@H]1CCOCC1O. The maximum absolute atomic E-state index is 8.93. The van der Waals surface area contributed by atoms with Gasteiger partial charge in [0.05, 0.1) is 12.7 Å². The maximum Gasteiger partial charge on any atom is 0.0924 e. The van der Waals surface area contributed by atoms with Gasteiger partial charge in [0.1, 0.15) is 0 Å². The molecule has 0 spiro atoms. The number of ether oxygens (including phenoxy) is 1. The smallest absolute Gasteiger partial charge is 0.0924 e. The van der Waals surface area contributed by atoms with E-state index < -0.39 is 6.10 Å². The summed E-state index contributed by atoms with van der Waals surface area (Å²) in [6.07, 6.45) is 2.84. The van der Waals surface area contributed by atoms with E-state index in [1.807, 2.05) is 27.7 Å². The molecule has 18 heavy (non-hydrogen) atoms. The van der Waals surface area contributed by atoms with Crippen molar-refractivity contribution >= 4 is 0 Å². The van der Waals surface area contributed by atoms with Gasteiger partial charge in [-0.25, -0.2) is 0 Å². The molecule has 0 aromatic carbocycles. The fourth-order valence-corrected chi connectivity index (χ4v) is 0.739. The van der Waals surface area contributed by atoms with Gasteiger partial charge in [0.2, 0.25) is 0 Å². The quantitative estimate of drug-likeness (QED) is 0.696. The number of aliphatic hydroxyl groups excluding tert-OH is 1. The molecule has 0 amide bonds. The van der Waals surface area contributed by atoms with E-state index in [0.717, 1.165) is 6.42 Å². The van der Waals surface area contributed by atoms with Crippen molar-refractivity contribution in [2.75, 3.05) is 13.2 Å². The average molecular weight is 265 g/mol. The highest BCUT2D eigenvalue weighted by molar-refractivity contribution is 4.74. The van der Waals surface area contributed by atoms with Crippen LogP contribution in [-0.4, -0.2) is 30.5 Å². The number of aliphatic hydroxyl groups is 1. The van der Waals surface area contributed by atoms with Gasteiger partial charge in [-0.15, -0.1) is 0 Å². The van der Waals surface area contributed by atoms with Gasteiger partial charge in [-0.2, -0.15) is 0 Å². The standard InChI is InChI=1S/C5H11NO2.2C3H8.2C2H6/c6-4-1-2-8-3-5(4)7;2*1-3-2;2*1-2/h4-5,7H,1-3,6H2;2*3H2,1-2H3;2*1-2H3/t4-,5?;;;;/m0..../s1. The Bertz CT molecular complexity index is 88.5. The Labute approximate surface area is 116 Å². The minimum Gasteiger partial charge on any atom is -0.389 e. The molecular weight excluding hydrogens is 226 g/mol. The van der Waals surface area contributed by atoms with Crippen molar-refractivity contribution in [2.45, 2.75) is 86.8 Å². The second kappa shape index (κ2) is 30.2. The normalized spacial score (nSPS) is 20.3. The van der Waals surface area contributed by atoms with Crippen LogP contribution in [0.2, 0.25) is 0 Å². The van der Waals surface area contributed by atoms with E-state index in [0.29, 0.717) is 13.2 Å². The Hall–Kier alpha value is -0.120. The molecule has 1 rings (SSSR count). The van der Waals surface area contributed by atoms with E-state index in [9.17, 15) is 0 Å². The van der Waals surface area contributed by atoms with Gasteiger partial charge in [0.25, 0.3) is 0 Å². The molecule has 0 radical (unpaired) electrons. The summed E-state index contributed by atoms with van der Waals surface area (Å²) < 4.78 is 4.92. The summed E-state index contributed by atoms with van der Waals surface area (Å²) in [7, 11) is 0. The van der Waals surface area contributed by atoms with Crippen LogP contribution in [0.15, 0.2) is 0 Å². The number of nitrogens with two attached hydrogens (primary N) is 1. The van der Waals surface area contributed by atoms with Crippen LogP contribution in [0.5, 0.6) is 0 Å². The van der Waals surface area contributed by atoms with Crippen LogP contribution >= 0.6 is 0 Å². The van der Waals surface area contributed by atoms with Crippen LogP contribution in [0.1, 0.15) is 74.7 Å². The molecule has 1 unspecified atom stereocenters.